The molecule has 0 aliphatic heterocycles. The number of aliphatic imine (C=N–C) groups is 1. The van der Waals surface area contributed by atoms with Crippen LogP contribution in [0.4, 0.5) is 13.2 Å². The van der Waals surface area contributed by atoms with Gasteiger partial charge in [0.25, 0.3) is 0 Å². The van der Waals surface area contributed by atoms with E-state index in [0.29, 0.717) is 25.7 Å². The lowest BCUT2D eigenvalue weighted by Crippen LogP contribution is -2.36. The third kappa shape index (κ3) is 7.83. The van der Waals surface area contributed by atoms with Crippen molar-refractivity contribution in [2.24, 2.45) is 4.99 Å². The van der Waals surface area contributed by atoms with Gasteiger partial charge in [-0.25, -0.2) is 4.39 Å². The Morgan fingerprint density at radius 1 is 1.00 bits per heavy atom. The summed E-state index contributed by atoms with van der Waals surface area (Å²) in [6, 6.07) is 10.9. The zero-order valence-electron chi connectivity index (χ0n) is 15.5. The van der Waals surface area contributed by atoms with Gasteiger partial charge in [0.05, 0.1) is 6.61 Å². The van der Waals surface area contributed by atoms with E-state index >= 15 is 0 Å². The van der Waals surface area contributed by atoms with Crippen molar-refractivity contribution in [3.8, 4) is 11.5 Å². The molecule has 0 saturated heterocycles. The first kappa shape index (κ1) is 23.9. The molecule has 0 amide bonds. The highest BCUT2D eigenvalue weighted by Crippen LogP contribution is 2.29. The highest BCUT2D eigenvalue weighted by atomic mass is 127. The molecule has 0 saturated carbocycles. The van der Waals surface area contributed by atoms with Crippen molar-refractivity contribution in [2.75, 3.05) is 13.7 Å². The summed E-state index contributed by atoms with van der Waals surface area (Å²) in [7, 11) is 1.63. The summed E-state index contributed by atoms with van der Waals surface area (Å²) < 4.78 is 47.7. The number of alkyl halides is 2. The average Bonchev–Trinajstić information content (AvgIpc) is 2.65. The van der Waals surface area contributed by atoms with Crippen LogP contribution < -0.4 is 20.1 Å². The normalized spacial score (nSPS) is 11.0. The summed E-state index contributed by atoms with van der Waals surface area (Å²) in [5.74, 6) is 0.511. The van der Waals surface area contributed by atoms with Crippen molar-refractivity contribution in [2.45, 2.75) is 26.6 Å². The molecule has 154 valence electrons. The Labute approximate surface area is 179 Å². The minimum Gasteiger partial charge on any atom is -0.490 e. The molecular weight excluding hydrogens is 486 g/mol. The Bertz CT molecular complexity index is 759. The summed E-state index contributed by atoms with van der Waals surface area (Å²) in [5.41, 5.74) is 1.72. The lowest BCUT2D eigenvalue weighted by Gasteiger charge is -2.15. The fraction of sp³-hybridized carbons (Fsp3) is 0.316. The second kappa shape index (κ2) is 12.3. The predicted octanol–water partition coefficient (Wildman–Crippen LogP) is 4.31. The molecule has 0 radical (unpaired) electrons. The van der Waals surface area contributed by atoms with E-state index in [0.717, 1.165) is 11.1 Å². The Morgan fingerprint density at radius 2 is 1.61 bits per heavy atom. The van der Waals surface area contributed by atoms with Gasteiger partial charge in [0.2, 0.25) is 0 Å². The molecule has 9 heteroatoms. The van der Waals surface area contributed by atoms with Gasteiger partial charge >= 0.3 is 6.61 Å². The lowest BCUT2D eigenvalue weighted by molar-refractivity contribution is -0.0514. The SMILES string of the molecule is CCOc1cc(CNC(=NC)NCc2ccc(F)cc2)ccc1OC(F)F.I. The number of halogens is 4. The number of guanidine groups is 1. The van der Waals surface area contributed by atoms with Crippen molar-refractivity contribution in [1.82, 2.24) is 10.6 Å². The molecule has 2 N–H and O–H groups in total. The minimum atomic E-state index is -2.91. The van der Waals surface area contributed by atoms with E-state index in [2.05, 4.69) is 20.4 Å². The highest BCUT2D eigenvalue weighted by molar-refractivity contribution is 14.0. The number of benzene rings is 2. The average molecular weight is 509 g/mol. The lowest BCUT2D eigenvalue weighted by atomic mass is 10.2. The molecule has 28 heavy (non-hydrogen) atoms. The molecular formula is C19H23F3IN3O2. The molecule has 0 fully saturated rings. The summed E-state index contributed by atoms with van der Waals surface area (Å²) in [5, 5.41) is 6.23. The van der Waals surface area contributed by atoms with Crippen molar-refractivity contribution in [3.05, 3.63) is 59.4 Å². The summed E-state index contributed by atoms with van der Waals surface area (Å²) in [6.07, 6.45) is 0. The molecule has 0 bridgehead atoms. The van der Waals surface area contributed by atoms with Crippen LogP contribution in [0.5, 0.6) is 11.5 Å². The van der Waals surface area contributed by atoms with Crippen LogP contribution in [0.25, 0.3) is 0 Å². The molecule has 0 heterocycles. The summed E-state index contributed by atoms with van der Waals surface area (Å²) in [4.78, 5) is 4.12. The van der Waals surface area contributed by atoms with E-state index in [-0.39, 0.29) is 41.3 Å². The molecule has 2 rings (SSSR count). The van der Waals surface area contributed by atoms with Gasteiger partial charge in [-0.3, -0.25) is 4.99 Å². The molecule has 0 unspecified atom stereocenters. The quantitative estimate of drug-likeness (QED) is 0.317. The summed E-state index contributed by atoms with van der Waals surface area (Å²) in [6.45, 7) is 0.0571. The first-order valence-electron chi connectivity index (χ1n) is 8.41. The molecule has 0 atom stereocenters. The van der Waals surface area contributed by atoms with Crippen molar-refractivity contribution in [1.29, 1.82) is 0 Å². The topological polar surface area (TPSA) is 54.9 Å². The summed E-state index contributed by atoms with van der Waals surface area (Å²) >= 11 is 0. The van der Waals surface area contributed by atoms with Crippen LogP contribution in [0.15, 0.2) is 47.5 Å². The molecule has 0 aliphatic rings. The van der Waals surface area contributed by atoms with E-state index in [1.165, 1.54) is 18.2 Å². The van der Waals surface area contributed by atoms with Crippen LogP contribution in [0.2, 0.25) is 0 Å². The second-order valence-corrected chi connectivity index (χ2v) is 5.50. The Morgan fingerprint density at radius 3 is 2.18 bits per heavy atom. The molecule has 2 aromatic rings. The van der Waals surface area contributed by atoms with Crippen molar-refractivity contribution in [3.63, 3.8) is 0 Å². The fourth-order valence-corrected chi connectivity index (χ4v) is 2.32. The number of hydrogen-bond acceptors (Lipinski definition) is 3. The fourth-order valence-electron chi connectivity index (χ4n) is 2.32. The van der Waals surface area contributed by atoms with Crippen LogP contribution in [-0.2, 0) is 13.1 Å². The van der Waals surface area contributed by atoms with E-state index in [1.54, 1.807) is 38.2 Å². The second-order valence-electron chi connectivity index (χ2n) is 5.50. The first-order valence-corrected chi connectivity index (χ1v) is 8.41. The van der Waals surface area contributed by atoms with E-state index in [9.17, 15) is 13.2 Å². The maximum Gasteiger partial charge on any atom is 0.387 e. The Hall–Kier alpha value is -2.17. The van der Waals surface area contributed by atoms with E-state index in [1.807, 2.05) is 0 Å². The van der Waals surface area contributed by atoms with Gasteiger partial charge in [0.1, 0.15) is 5.82 Å². The van der Waals surface area contributed by atoms with Gasteiger partial charge in [-0.1, -0.05) is 18.2 Å². The van der Waals surface area contributed by atoms with Gasteiger partial charge in [-0.2, -0.15) is 8.78 Å². The van der Waals surface area contributed by atoms with Crippen LogP contribution in [0.1, 0.15) is 18.1 Å². The third-order valence-electron chi connectivity index (χ3n) is 3.58. The highest BCUT2D eigenvalue weighted by Gasteiger charge is 2.11. The maximum atomic E-state index is 12.9. The zero-order chi connectivity index (χ0) is 19.6. The molecule has 0 aromatic heterocycles. The van der Waals surface area contributed by atoms with E-state index in [4.69, 9.17) is 4.74 Å². The standard InChI is InChI=1S/C19H22F3N3O2.HI/c1-3-26-17-10-14(6-9-16(17)27-18(21)22)12-25-19(23-2)24-11-13-4-7-15(20)8-5-13;/h4-10,18H,3,11-12H2,1-2H3,(H2,23,24,25);1H. The zero-order valence-corrected chi connectivity index (χ0v) is 17.9. The number of nitrogens with zero attached hydrogens (tertiary/aromatic N) is 1. The van der Waals surface area contributed by atoms with Crippen LogP contribution in [0, 0.1) is 5.82 Å². The van der Waals surface area contributed by atoms with Gasteiger partial charge in [0.15, 0.2) is 17.5 Å². The number of ether oxygens (including phenoxy) is 2. The largest absolute Gasteiger partial charge is 0.490 e. The van der Waals surface area contributed by atoms with Crippen LogP contribution in [-0.4, -0.2) is 26.2 Å². The van der Waals surface area contributed by atoms with E-state index < -0.39 is 6.61 Å². The van der Waals surface area contributed by atoms with Crippen LogP contribution in [0.3, 0.4) is 0 Å². The minimum absolute atomic E-state index is 0. The molecule has 0 aliphatic carbocycles. The van der Waals surface area contributed by atoms with Gasteiger partial charge in [0, 0.05) is 20.1 Å². The monoisotopic (exact) mass is 509 g/mol. The predicted molar refractivity (Wildman–Crippen MR) is 113 cm³/mol. The molecule has 0 spiro atoms. The van der Waals surface area contributed by atoms with Crippen LogP contribution >= 0.6 is 24.0 Å². The molecule has 2 aromatic carbocycles. The third-order valence-corrected chi connectivity index (χ3v) is 3.58. The van der Waals surface area contributed by atoms with Gasteiger partial charge in [-0.15, -0.1) is 24.0 Å². The smallest absolute Gasteiger partial charge is 0.387 e. The first-order chi connectivity index (χ1) is 13.0. The van der Waals surface area contributed by atoms with Gasteiger partial charge < -0.3 is 20.1 Å². The Kier molecular flexibility index (Phi) is 10.5. The number of hydrogen-bond donors (Lipinski definition) is 2. The number of nitrogens with one attached hydrogen (secondary N) is 2. The van der Waals surface area contributed by atoms with Gasteiger partial charge in [-0.05, 0) is 42.3 Å². The Balaban J connectivity index is 0.00000392. The van der Waals surface area contributed by atoms with Crippen molar-refractivity contribution < 1.29 is 22.6 Å². The maximum absolute atomic E-state index is 12.9. The molecule has 5 nitrogen and oxygen atoms in total. The van der Waals surface area contributed by atoms with Crippen molar-refractivity contribution >= 4 is 29.9 Å². The number of rotatable bonds is 8.